The minimum absolute atomic E-state index is 0.218. The molecule has 0 radical (unpaired) electrons. The zero-order valence-electron chi connectivity index (χ0n) is 14.2. The number of hydrogen-bond acceptors (Lipinski definition) is 4. The van der Waals surface area contributed by atoms with E-state index in [0.717, 1.165) is 16.5 Å². The third kappa shape index (κ3) is 5.48. The molecule has 1 unspecified atom stereocenters. The van der Waals surface area contributed by atoms with E-state index in [2.05, 4.69) is 15.3 Å². The molecule has 0 aliphatic heterocycles. The zero-order valence-corrected chi connectivity index (χ0v) is 17.3. The second kappa shape index (κ2) is 8.58. The van der Waals surface area contributed by atoms with E-state index in [0.29, 0.717) is 20.8 Å². The van der Waals surface area contributed by atoms with Crippen molar-refractivity contribution in [1.82, 2.24) is 9.97 Å². The minimum Gasteiger partial charge on any atom is -0.323 e. The third-order valence-electron chi connectivity index (χ3n) is 3.29. The van der Waals surface area contributed by atoms with Crippen LogP contribution in [0.3, 0.4) is 0 Å². The predicted molar refractivity (Wildman–Crippen MR) is 106 cm³/mol. The van der Waals surface area contributed by atoms with Crippen LogP contribution >= 0.6 is 46.6 Å². The molecular formula is C17H18Cl3N3OS. The predicted octanol–water partition coefficient (Wildman–Crippen LogP) is 5.99. The molecule has 0 saturated heterocycles. The maximum Gasteiger partial charge on any atom is 0.237 e. The molecule has 1 aromatic heterocycles. The van der Waals surface area contributed by atoms with Gasteiger partial charge in [-0.2, -0.15) is 0 Å². The maximum absolute atomic E-state index is 12.5. The monoisotopic (exact) mass is 417 g/mol. The highest BCUT2D eigenvalue weighted by Gasteiger charge is 2.19. The van der Waals surface area contributed by atoms with Crippen molar-refractivity contribution in [2.24, 2.45) is 0 Å². The molecule has 0 aliphatic rings. The molecule has 2 rings (SSSR count). The SMILES string of the molecule is Cc1cc(SC(C)C(=O)Nc2c(Cl)cc(Cl)cc2Cl)nc(C(C)C)n1. The van der Waals surface area contributed by atoms with Gasteiger partial charge in [-0.15, -0.1) is 0 Å². The Morgan fingerprint density at radius 2 is 1.68 bits per heavy atom. The lowest BCUT2D eigenvalue weighted by Gasteiger charge is -2.15. The Morgan fingerprint density at radius 3 is 2.24 bits per heavy atom. The van der Waals surface area contributed by atoms with Crippen molar-refractivity contribution in [1.29, 1.82) is 0 Å². The summed E-state index contributed by atoms with van der Waals surface area (Å²) in [6, 6.07) is 4.93. The summed E-state index contributed by atoms with van der Waals surface area (Å²) in [6.45, 7) is 7.77. The molecule has 8 heteroatoms. The van der Waals surface area contributed by atoms with Gasteiger partial charge in [0, 0.05) is 16.6 Å². The number of rotatable bonds is 5. The van der Waals surface area contributed by atoms with Crippen molar-refractivity contribution in [2.75, 3.05) is 5.32 Å². The highest BCUT2D eigenvalue weighted by Crippen LogP contribution is 2.34. The van der Waals surface area contributed by atoms with Gasteiger partial charge >= 0.3 is 0 Å². The van der Waals surface area contributed by atoms with E-state index in [9.17, 15) is 4.79 Å². The van der Waals surface area contributed by atoms with Crippen LogP contribution in [0.4, 0.5) is 5.69 Å². The van der Waals surface area contributed by atoms with Gasteiger partial charge in [0.15, 0.2) is 0 Å². The third-order valence-corrected chi connectivity index (χ3v) is 5.12. The molecular weight excluding hydrogens is 401 g/mol. The second-order valence-corrected chi connectivity index (χ2v) is 8.47. The summed E-state index contributed by atoms with van der Waals surface area (Å²) in [5, 5.41) is 4.12. The summed E-state index contributed by atoms with van der Waals surface area (Å²) >= 11 is 19.5. The van der Waals surface area contributed by atoms with Crippen LogP contribution in [0.5, 0.6) is 0 Å². The van der Waals surface area contributed by atoms with Gasteiger partial charge in [0.25, 0.3) is 0 Å². The fourth-order valence-corrected chi connectivity index (χ4v) is 3.83. The fraction of sp³-hybridized carbons (Fsp3) is 0.353. The van der Waals surface area contributed by atoms with Gasteiger partial charge in [0.2, 0.25) is 5.91 Å². The normalized spacial score (nSPS) is 12.3. The molecule has 1 amide bonds. The summed E-state index contributed by atoms with van der Waals surface area (Å²) < 4.78 is 0. The summed E-state index contributed by atoms with van der Waals surface area (Å²) in [6.07, 6.45) is 0. The number of carbonyl (C=O) groups excluding carboxylic acids is 1. The molecule has 2 aromatic rings. The van der Waals surface area contributed by atoms with Gasteiger partial charge in [0.1, 0.15) is 10.9 Å². The van der Waals surface area contributed by atoms with Gasteiger partial charge in [-0.05, 0) is 32.0 Å². The standard InChI is InChI=1S/C17H18Cl3N3OS/c1-8(2)16-21-9(3)5-14(22-16)25-10(4)17(24)23-15-12(19)6-11(18)7-13(15)20/h5-8,10H,1-4H3,(H,23,24). The Hall–Kier alpha value is -1.01. The molecule has 1 N–H and O–H groups in total. The van der Waals surface area contributed by atoms with Gasteiger partial charge < -0.3 is 5.32 Å². The molecule has 0 bridgehead atoms. The number of anilines is 1. The molecule has 1 heterocycles. The van der Waals surface area contributed by atoms with Crippen molar-refractivity contribution >= 4 is 58.2 Å². The van der Waals surface area contributed by atoms with Gasteiger partial charge in [-0.25, -0.2) is 9.97 Å². The van der Waals surface area contributed by atoms with E-state index in [4.69, 9.17) is 34.8 Å². The van der Waals surface area contributed by atoms with Crippen molar-refractivity contribution in [2.45, 2.75) is 43.9 Å². The number of hydrogen-bond donors (Lipinski definition) is 1. The Morgan fingerprint density at radius 1 is 1.08 bits per heavy atom. The van der Waals surface area contributed by atoms with Gasteiger partial charge in [-0.1, -0.05) is 60.4 Å². The van der Waals surface area contributed by atoms with Gasteiger partial charge in [-0.3, -0.25) is 4.79 Å². The first-order valence-corrected chi connectivity index (χ1v) is 9.66. The molecule has 1 atom stereocenters. The molecule has 0 fully saturated rings. The molecule has 0 spiro atoms. The van der Waals surface area contributed by atoms with E-state index >= 15 is 0 Å². The van der Waals surface area contributed by atoms with Crippen LogP contribution in [0.15, 0.2) is 23.2 Å². The number of aromatic nitrogens is 2. The quantitative estimate of drug-likeness (QED) is 0.479. The number of benzene rings is 1. The van der Waals surface area contributed by atoms with Crippen molar-refractivity contribution in [3.8, 4) is 0 Å². The smallest absolute Gasteiger partial charge is 0.237 e. The number of halogens is 3. The number of carbonyl (C=O) groups is 1. The molecule has 0 saturated carbocycles. The van der Waals surface area contributed by atoms with Crippen LogP contribution < -0.4 is 5.32 Å². The number of aryl methyl sites for hydroxylation is 1. The largest absolute Gasteiger partial charge is 0.323 e. The van der Waals surface area contributed by atoms with Crippen molar-refractivity contribution < 1.29 is 4.79 Å². The van der Waals surface area contributed by atoms with Crippen LogP contribution in [-0.4, -0.2) is 21.1 Å². The topological polar surface area (TPSA) is 54.9 Å². The number of amides is 1. The highest BCUT2D eigenvalue weighted by molar-refractivity contribution is 8.00. The Labute approximate surface area is 166 Å². The first-order chi connectivity index (χ1) is 11.7. The fourth-order valence-electron chi connectivity index (χ4n) is 2.00. The maximum atomic E-state index is 12.5. The Bertz CT molecular complexity index is 776. The Balaban J connectivity index is 2.14. The lowest BCUT2D eigenvalue weighted by Crippen LogP contribution is -2.23. The summed E-state index contributed by atoms with van der Waals surface area (Å²) in [4.78, 5) is 21.4. The van der Waals surface area contributed by atoms with Crippen LogP contribution in [0.2, 0.25) is 15.1 Å². The average molecular weight is 419 g/mol. The average Bonchev–Trinajstić information content (AvgIpc) is 2.49. The van der Waals surface area contributed by atoms with E-state index < -0.39 is 5.25 Å². The molecule has 0 aliphatic carbocycles. The molecule has 4 nitrogen and oxygen atoms in total. The van der Waals surface area contributed by atoms with Crippen LogP contribution in [-0.2, 0) is 4.79 Å². The first-order valence-electron chi connectivity index (χ1n) is 7.65. The van der Waals surface area contributed by atoms with E-state index in [-0.39, 0.29) is 11.8 Å². The van der Waals surface area contributed by atoms with Crippen LogP contribution in [0.25, 0.3) is 0 Å². The summed E-state index contributed by atoms with van der Waals surface area (Å²) in [5.41, 5.74) is 1.23. The molecule has 25 heavy (non-hydrogen) atoms. The second-order valence-electron chi connectivity index (χ2n) is 5.85. The molecule has 1 aromatic carbocycles. The first kappa shape index (κ1) is 20.3. The number of nitrogens with zero attached hydrogens (tertiary/aromatic N) is 2. The molecule has 134 valence electrons. The minimum atomic E-state index is -0.392. The lowest BCUT2D eigenvalue weighted by molar-refractivity contribution is -0.115. The van der Waals surface area contributed by atoms with E-state index in [1.807, 2.05) is 26.8 Å². The van der Waals surface area contributed by atoms with Crippen molar-refractivity contribution in [3.05, 3.63) is 44.8 Å². The lowest BCUT2D eigenvalue weighted by atomic mass is 10.2. The summed E-state index contributed by atoms with van der Waals surface area (Å²) in [7, 11) is 0. The number of nitrogens with one attached hydrogen (secondary N) is 1. The van der Waals surface area contributed by atoms with E-state index in [1.165, 1.54) is 23.9 Å². The number of thioether (sulfide) groups is 1. The van der Waals surface area contributed by atoms with Crippen LogP contribution in [0, 0.1) is 6.92 Å². The van der Waals surface area contributed by atoms with E-state index in [1.54, 1.807) is 6.92 Å². The highest BCUT2D eigenvalue weighted by atomic mass is 35.5. The van der Waals surface area contributed by atoms with Crippen molar-refractivity contribution in [3.63, 3.8) is 0 Å². The van der Waals surface area contributed by atoms with Gasteiger partial charge in [0.05, 0.1) is 21.0 Å². The zero-order chi connectivity index (χ0) is 18.7. The summed E-state index contributed by atoms with van der Waals surface area (Å²) in [5.74, 6) is 0.757. The van der Waals surface area contributed by atoms with Crippen LogP contribution in [0.1, 0.15) is 38.2 Å². The Kier molecular flexibility index (Phi) is 6.97.